The van der Waals surface area contributed by atoms with Crippen LogP contribution in [0.2, 0.25) is 0 Å². The van der Waals surface area contributed by atoms with Crippen molar-refractivity contribution in [2.45, 2.75) is 53.4 Å². The van der Waals surface area contributed by atoms with Gasteiger partial charge < -0.3 is 4.84 Å². The van der Waals surface area contributed by atoms with Gasteiger partial charge in [0.15, 0.2) is 0 Å². The number of hydrogen-bond donors (Lipinski definition) is 0. The number of hydrogen-bond acceptors (Lipinski definition) is 9. The Morgan fingerprint density at radius 1 is 0.833 bits per heavy atom. The number of nitrogens with zero attached hydrogens (tertiary/aromatic N) is 1. The summed E-state index contributed by atoms with van der Waals surface area (Å²) in [7, 11) is 1.48. The van der Waals surface area contributed by atoms with Gasteiger partial charge in [-0.25, -0.2) is 0 Å². The molecular weight excluding hydrogens is 322 g/mol. The van der Waals surface area contributed by atoms with E-state index in [1.165, 1.54) is 14.0 Å². The van der Waals surface area contributed by atoms with Crippen LogP contribution < -0.4 is 0 Å². The molecule has 0 spiro atoms. The molecule has 0 aliphatic heterocycles. The van der Waals surface area contributed by atoms with Crippen LogP contribution in [0.25, 0.3) is 0 Å². The van der Waals surface area contributed by atoms with Gasteiger partial charge in [-0.05, 0) is 20.3 Å². The second-order valence-electron chi connectivity index (χ2n) is 4.01. The highest BCUT2D eigenvalue weighted by molar-refractivity contribution is 6.00. The second-order valence-corrected chi connectivity index (χ2v) is 4.01. The Hall–Kier alpha value is -2.76. The minimum Gasteiger partial charge on any atom is -0.399 e. The first kappa shape index (κ1) is 29.3. The average molecular weight is 345 g/mol. The van der Waals surface area contributed by atoms with E-state index in [1.54, 1.807) is 13.8 Å². The smallest absolute Gasteiger partial charge is 0.373 e. The third-order valence-corrected chi connectivity index (χ3v) is 1.92. The standard InChI is InChI=1S/C7H13NO2.C6H10O2.2CO2/c1-4-7(8-10-3)5-6(2)9;1-3-6(8)4-5(2)7;2*2-1-3/h4-5H2,1-3H3;3-4H2,1-2H3;;/b8-7+;;;. The van der Waals surface area contributed by atoms with Gasteiger partial charge in [-0.3, -0.25) is 14.4 Å². The maximum atomic E-state index is 10.6. The molecule has 0 N–H and O–H groups in total. The summed E-state index contributed by atoms with van der Waals surface area (Å²) in [5.74, 6) is 0.104. The molecule has 0 saturated carbocycles. The van der Waals surface area contributed by atoms with Crippen LogP contribution in [0.3, 0.4) is 0 Å². The lowest BCUT2D eigenvalue weighted by Crippen LogP contribution is -2.03. The molecule has 0 aromatic heterocycles. The fraction of sp³-hybridized carbons (Fsp3) is 0.600. The zero-order chi connectivity index (χ0) is 20.0. The molecule has 0 heterocycles. The molecule has 0 unspecified atom stereocenters. The highest BCUT2D eigenvalue weighted by atomic mass is 16.6. The molecule has 0 aliphatic carbocycles. The summed E-state index contributed by atoms with van der Waals surface area (Å²) in [4.78, 5) is 68.2. The molecule has 0 saturated heterocycles. The van der Waals surface area contributed by atoms with Gasteiger partial charge in [0, 0.05) is 12.8 Å². The lowest BCUT2D eigenvalue weighted by Gasteiger charge is -1.97. The largest absolute Gasteiger partial charge is 0.399 e. The van der Waals surface area contributed by atoms with Crippen molar-refractivity contribution in [1.82, 2.24) is 0 Å². The highest BCUT2D eigenvalue weighted by Gasteiger charge is 2.00. The molecule has 0 radical (unpaired) electrons. The molecule has 0 fully saturated rings. The topological polar surface area (TPSA) is 141 Å². The van der Waals surface area contributed by atoms with Crippen molar-refractivity contribution in [2.24, 2.45) is 5.16 Å². The van der Waals surface area contributed by atoms with Crippen LogP contribution in [-0.2, 0) is 38.4 Å². The first-order chi connectivity index (χ1) is 11.2. The fourth-order valence-corrected chi connectivity index (χ4v) is 1.04. The van der Waals surface area contributed by atoms with Crippen molar-refractivity contribution < 1.29 is 38.4 Å². The number of oxime groups is 1. The van der Waals surface area contributed by atoms with Crippen LogP contribution in [0, 0.1) is 0 Å². The predicted molar refractivity (Wildman–Crippen MR) is 80.6 cm³/mol. The molecular formula is C15H23NO8. The summed E-state index contributed by atoms with van der Waals surface area (Å²) < 4.78 is 0. The van der Waals surface area contributed by atoms with Gasteiger partial charge in [0.05, 0.1) is 12.1 Å². The van der Waals surface area contributed by atoms with Crippen molar-refractivity contribution in [3.8, 4) is 0 Å². The molecule has 0 bridgehead atoms. The highest BCUT2D eigenvalue weighted by Crippen LogP contribution is 1.93. The molecule has 0 aromatic carbocycles. The van der Waals surface area contributed by atoms with Crippen molar-refractivity contribution >= 4 is 35.4 Å². The summed E-state index contributed by atoms with van der Waals surface area (Å²) in [6.07, 6.45) is 2.26. The Kier molecular flexibility index (Phi) is 30.7. The molecule has 9 nitrogen and oxygen atoms in total. The second kappa shape index (κ2) is 25.2. The van der Waals surface area contributed by atoms with Crippen LogP contribution in [0.15, 0.2) is 5.16 Å². The lowest BCUT2D eigenvalue weighted by molar-refractivity contribution is -0.193. The number of Topliss-reactive ketones (excluding diaryl/α,β-unsaturated/α-hetero) is 3. The summed E-state index contributed by atoms with van der Waals surface area (Å²) in [6.45, 7) is 6.67. The summed E-state index contributed by atoms with van der Waals surface area (Å²) in [5.41, 5.74) is 0.801. The monoisotopic (exact) mass is 345 g/mol. The lowest BCUT2D eigenvalue weighted by atomic mass is 10.2. The summed E-state index contributed by atoms with van der Waals surface area (Å²) >= 11 is 0. The van der Waals surface area contributed by atoms with E-state index in [0.29, 0.717) is 12.8 Å². The molecule has 0 aliphatic rings. The third-order valence-electron chi connectivity index (χ3n) is 1.92. The molecule has 9 heteroatoms. The maximum Gasteiger partial charge on any atom is 0.373 e. The Morgan fingerprint density at radius 2 is 1.21 bits per heavy atom. The van der Waals surface area contributed by atoms with Gasteiger partial charge in [-0.1, -0.05) is 19.0 Å². The third kappa shape index (κ3) is 42.7. The number of ketones is 3. The van der Waals surface area contributed by atoms with Crippen molar-refractivity contribution in [3.63, 3.8) is 0 Å². The summed E-state index contributed by atoms with van der Waals surface area (Å²) in [5, 5.41) is 3.68. The molecule has 0 atom stereocenters. The van der Waals surface area contributed by atoms with Crippen molar-refractivity contribution in [2.75, 3.05) is 7.11 Å². The van der Waals surface area contributed by atoms with E-state index in [9.17, 15) is 14.4 Å². The zero-order valence-corrected chi connectivity index (χ0v) is 14.5. The molecule has 0 amide bonds. The van der Waals surface area contributed by atoms with E-state index in [2.05, 4.69) is 9.99 Å². The molecule has 136 valence electrons. The number of carbonyl (C=O) groups excluding carboxylic acids is 7. The van der Waals surface area contributed by atoms with E-state index < -0.39 is 0 Å². The predicted octanol–water partition coefficient (Wildman–Crippen LogP) is 1.16. The van der Waals surface area contributed by atoms with Gasteiger partial charge in [0.25, 0.3) is 0 Å². The van der Waals surface area contributed by atoms with Gasteiger partial charge >= 0.3 is 12.3 Å². The van der Waals surface area contributed by atoms with E-state index in [0.717, 1.165) is 12.1 Å². The van der Waals surface area contributed by atoms with Gasteiger partial charge in [0.1, 0.15) is 24.5 Å². The van der Waals surface area contributed by atoms with E-state index in [4.69, 9.17) is 19.2 Å². The molecule has 24 heavy (non-hydrogen) atoms. The average Bonchev–Trinajstić information content (AvgIpc) is 2.48. The maximum absolute atomic E-state index is 10.6. The minimum atomic E-state index is -0.0446. The van der Waals surface area contributed by atoms with Crippen LogP contribution in [-0.4, -0.2) is 42.5 Å². The Bertz CT molecular complexity index is 444. The summed E-state index contributed by atoms with van der Waals surface area (Å²) in [6, 6.07) is 0. The Balaban J connectivity index is -0.000000127. The Morgan fingerprint density at radius 3 is 1.38 bits per heavy atom. The van der Waals surface area contributed by atoms with Crippen LogP contribution >= 0.6 is 0 Å². The Labute approximate surface area is 140 Å². The number of rotatable bonds is 7. The SMILES string of the molecule is CC/C(CC(C)=O)=N\OC.CCC(=O)CC(C)=O.O=C=O.O=C=O. The number of carbonyl (C=O) groups is 3. The molecule has 0 aromatic rings. The van der Waals surface area contributed by atoms with Gasteiger partial charge in [0.2, 0.25) is 0 Å². The first-order valence-electron chi connectivity index (χ1n) is 6.78. The quantitative estimate of drug-likeness (QED) is 0.380. The molecule has 0 rings (SSSR count). The van der Waals surface area contributed by atoms with E-state index in [-0.39, 0.29) is 36.1 Å². The van der Waals surface area contributed by atoms with Crippen LogP contribution in [0.1, 0.15) is 53.4 Å². The van der Waals surface area contributed by atoms with E-state index in [1.807, 2.05) is 6.92 Å². The first-order valence-corrected chi connectivity index (χ1v) is 6.78. The van der Waals surface area contributed by atoms with Crippen molar-refractivity contribution in [1.29, 1.82) is 0 Å². The van der Waals surface area contributed by atoms with Crippen LogP contribution in [0.4, 0.5) is 0 Å². The van der Waals surface area contributed by atoms with Gasteiger partial charge in [-0.2, -0.15) is 19.2 Å². The normalized spacial score (nSPS) is 8.29. The van der Waals surface area contributed by atoms with Crippen LogP contribution in [0.5, 0.6) is 0 Å². The van der Waals surface area contributed by atoms with E-state index >= 15 is 0 Å². The fourth-order valence-electron chi connectivity index (χ4n) is 1.04. The minimum absolute atomic E-state index is 0.0255. The van der Waals surface area contributed by atoms with Gasteiger partial charge in [-0.15, -0.1) is 0 Å². The van der Waals surface area contributed by atoms with Crippen molar-refractivity contribution in [3.05, 3.63) is 0 Å². The zero-order valence-electron chi connectivity index (χ0n) is 14.5.